The number of rotatable bonds is 6. The van der Waals surface area contributed by atoms with Gasteiger partial charge in [0.1, 0.15) is 0 Å². The van der Waals surface area contributed by atoms with Crippen molar-refractivity contribution in [1.82, 2.24) is 0 Å². The van der Waals surface area contributed by atoms with Crippen LogP contribution in [0.25, 0.3) is 66.4 Å². The molecule has 0 atom stereocenters. The van der Waals surface area contributed by atoms with Gasteiger partial charge in [0.15, 0.2) is 0 Å². The van der Waals surface area contributed by atoms with Crippen molar-refractivity contribution < 1.29 is 0 Å². The van der Waals surface area contributed by atoms with E-state index < -0.39 is 5.41 Å². The van der Waals surface area contributed by atoms with Gasteiger partial charge < -0.3 is 0 Å². The molecule has 0 spiro atoms. The summed E-state index contributed by atoms with van der Waals surface area (Å²) in [6.07, 6.45) is 0. The zero-order valence-electron chi connectivity index (χ0n) is 29.3. The molecule has 10 rings (SSSR count). The van der Waals surface area contributed by atoms with E-state index in [2.05, 4.69) is 218 Å². The van der Waals surface area contributed by atoms with Crippen LogP contribution < -0.4 is 0 Å². The van der Waals surface area contributed by atoms with Crippen LogP contribution in [-0.2, 0) is 5.41 Å². The Bertz CT molecular complexity index is 2700. The van der Waals surface area contributed by atoms with E-state index >= 15 is 0 Å². The summed E-state index contributed by atoms with van der Waals surface area (Å²) >= 11 is 0. The Hall–Kier alpha value is -6.76. The fraction of sp³-hybridized carbons (Fsp3) is 0.0189. The van der Waals surface area contributed by atoms with Gasteiger partial charge in [0.2, 0.25) is 0 Å². The zero-order valence-corrected chi connectivity index (χ0v) is 29.3. The van der Waals surface area contributed by atoms with E-state index in [0.29, 0.717) is 0 Å². The van der Waals surface area contributed by atoms with Crippen molar-refractivity contribution in [2.45, 2.75) is 5.41 Å². The van der Waals surface area contributed by atoms with Crippen LogP contribution in [0, 0.1) is 0 Å². The van der Waals surface area contributed by atoms with Crippen LogP contribution in [-0.4, -0.2) is 0 Å². The molecule has 0 heterocycles. The van der Waals surface area contributed by atoms with Crippen LogP contribution in [0.2, 0.25) is 0 Å². The van der Waals surface area contributed by atoms with Gasteiger partial charge in [-0.2, -0.15) is 0 Å². The van der Waals surface area contributed by atoms with Crippen molar-refractivity contribution in [3.05, 3.63) is 241 Å². The van der Waals surface area contributed by atoms with Crippen LogP contribution in [0.4, 0.5) is 0 Å². The number of benzene rings is 9. The van der Waals surface area contributed by atoms with Crippen molar-refractivity contribution in [1.29, 1.82) is 0 Å². The third kappa shape index (κ3) is 5.06. The van der Waals surface area contributed by atoms with Crippen molar-refractivity contribution in [3.63, 3.8) is 0 Å². The van der Waals surface area contributed by atoms with Crippen LogP contribution in [0.5, 0.6) is 0 Å². The van der Waals surface area contributed by atoms with E-state index in [1.807, 2.05) is 0 Å². The Labute approximate surface area is 311 Å². The largest absolute Gasteiger partial charge is 0.0714 e. The maximum Gasteiger partial charge on any atom is 0.0714 e. The standard InChI is InChI=1S/C53H36/c1-5-17-37(18-6-1)39-21-15-22-40(33-39)41-23-16-24-42(34-41)43-31-32-48-50(35-43)53(44-25-9-3-10-26-44,45-27-11-4-12-28-45)51-36-49(38-19-7-2-8-20-38)46-29-13-14-30-47(46)52(48)51/h1-36H. The summed E-state index contributed by atoms with van der Waals surface area (Å²) in [6, 6.07) is 80.3. The fourth-order valence-corrected chi connectivity index (χ4v) is 8.77. The van der Waals surface area contributed by atoms with Gasteiger partial charge in [-0.3, -0.25) is 0 Å². The molecule has 0 N–H and O–H groups in total. The second-order valence-electron chi connectivity index (χ2n) is 14.0. The van der Waals surface area contributed by atoms with Gasteiger partial charge in [0, 0.05) is 0 Å². The quantitative estimate of drug-likeness (QED) is 0.165. The summed E-state index contributed by atoms with van der Waals surface area (Å²) in [5.74, 6) is 0. The Morgan fingerprint density at radius 1 is 0.245 bits per heavy atom. The van der Waals surface area contributed by atoms with E-state index in [-0.39, 0.29) is 0 Å². The highest BCUT2D eigenvalue weighted by molar-refractivity contribution is 6.10. The predicted molar refractivity (Wildman–Crippen MR) is 223 cm³/mol. The molecule has 248 valence electrons. The minimum Gasteiger partial charge on any atom is -0.0622 e. The molecule has 0 heteroatoms. The minimum absolute atomic E-state index is 0.529. The molecule has 0 unspecified atom stereocenters. The van der Waals surface area contributed by atoms with Gasteiger partial charge in [0.05, 0.1) is 5.41 Å². The first kappa shape index (κ1) is 31.0. The summed E-state index contributed by atoms with van der Waals surface area (Å²) in [5, 5.41) is 2.56. The van der Waals surface area contributed by atoms with E-state index in [1.54, 1.807) is 0 Å². The Balaban J connectivity index is 1.23. The SMILES string of the molecule is c1ccc(-c2cccc(-c3cccc(-c4ccc5c(c4)C(c4ccccc4)(c4ccccc4)c4cc(-c6ccccc6)c6ccccc6c4-5)c3)c2)cc1. The molecule has 9 aromatic carbocycles. The Kier molecular flexibility index (Phi) is 7.48. The first-order valence-electron chi connectivity index (χ1n) is 18.4. The van der Waals surface area contributed by atoms with Crippen molar-refractivity contribution in [2.75, 3.05) is 0 Å². The van der Waals surface area contributed by atoms with Crippen LogP contribution in [0.3, 0.4) is 0 Å². The predicted octanol–water partition coefficient (Wildman–Crippen LogP) is 13.9. The number of hydrogen-bond acceptors (Lipinski definition) is 0. The van der Waals surface area contributed by atoms with Crippen molar-refractivity contribution in [2.24, 2.45) is 0 Å². The summed E-state index contributed by atoms with van der Waals surface area (Å²) in [5.41, 5.74) is 17.0. The second kappa shape index (κ2) is 12.8. The normalized spacial score (nSPS) is 12.7. The Morgan fingerprint density at radius 2 is 0.679 bits per heavy atom. The maximum absolute atomic E-state index is 2.49. The fourth-order valence-electron chi connectivity index (χ4n) is 8.77. The minimum atomic E-state index is -0.529. The smallest absolute Gasteiger partial charge is 0.0622 e. The topological polar surface area (TPSA) is 0 Å². The van der Waals surface area contributed by atoms with Crippen LogP contribution in [0.15, 0.2) is 218 Å². The zero-order chi connectivity index (χ0) is 35.2. The molecule has 0 nitrogen and oxygen atoms in total. The molecule has 0 aliphatic heterocycles. The molecule has 1 aliphatic carbocycles. The lowest BCUT2D eigenvalue weighted by Crippen LogP contribution is -2.28. The lowest BCUT2D eigenvalue weighted by Gasteiger charge is -2.34. The maximum atomic E-state index is 2.49. The highest BCUT2D eigenvalue weighted by Gasteiger charge is 2.47. The molecule has 0 aromatic heterocycles. The molecular weight excluding hydrogens is 637 g/mol. The highest BCUT2D eigenvalue weighted by atomic mass is 14.5. The second-order valence-corrected chi connectivity index (χ2v) is 14.0. The lowest BCUT2D eigenvalue weighted by molar-refractivity contribution is 0.769. The average Bonchev–Trinajstić information content (AvgIpc) is 3.55. The molecule has 0 saturated heterocycles. The first-order chi connectivity index (χ1) is 26.3. The molecule has 1 aliphatic rings. The summed E-state index contributed by atoms with van der Waals surface area (Å²) in [7, 11) is 0. The average molecular weight is 673 g/mol. The summed E-state index contributed by atoms with van der Waals surface area (Å²) in [6.45, 7) is 0. The van der Waals surface area contributed by atoms with Crippen LogP contribution >= 0.6 is 0 Å². The third-order valence-corrected chi connectivity index (χ3v) is 11.1. The van der Waals surface area contributed by atoms with Gasteiger partial charge in [-0.05, 0) is 113 Å². The van der Waals surface area contributed by atoms with E-state index in [0.717, 1.165) is 0 Å². The highest BCUT2D eigenvalue weighted by Crippen LogP contribution is 2.59. The van der Waals surface area contributed by atoms with Crippen LogP contribution in [0.1, 0.15) is 22.3 Å². The molecular formula is C53H36. The van der Waals surface area contributed by atoms with E-state index in [9.17, 15) is 0 Å². The molecule has 9 aromatic rings. The molecule has 0 bridgehead atoms. The monoisotopic (exact) mass is 672 g/mol. The molecule has 0 amide bonds. The van der Waals surface area contributed by atoms with E-state index in [4.69, 9.17) is 0 Å². The van der Waals surface area contributed by atoms with Gasteiger partial charge in [-0.15, -0.1) is 0 Å². The number of fused-ring (bicyclic) bond motifs is 5. The van der Waals surface area contributed by atoms with Gasteiger partial charge in [0.25, 0.3) is 0 Å². The molecule has 0 radical (unpaired) electrons. The van der Waals surface area contributed by atoms with Gasteiger partial charge in [-0.25, -0.2) is 0 Å². The molecule has 0 fully saturated rings. The third-order valence-electron chi connectivity index (χ3n) is 11.1. The van der Waals surface area contributed by atoms with Gasteiger partial charge >= 0.3 is 0 Å². The van der Waals surface area contributed by atoms with Crippen molar-refractivity contribution >= 4 is 10.8 Å². The lowest BCUT2D eigenvalue weighted by atomic mass is 9.67. The van der Waals surface area contributed by atoms with Gasteiger partial charge in [-0.1, -0.05) is 194 Å². The number of hydrogen-bond donors (Lipinski definition) is 0. The first-order valence-corrected chi connectivity index (χ1v) is 18.4. The Morgan fingerprint density at radius 3 is 1.25 bits per heavy atom. The molecule has 0 saturated carbocycles. The molecule has 53 heavy (non-hydrogen) atoms. The van der Waals surface area contributed by atoms with E-state index in [1.165, 1.54) is 88.7 Å². The summed E-state index contributed by atoms with van der Waals surface area (Å²) < 4.78 is 0. The summed E-state index contributed by atoms with van der Waals surface area (Å²) in [4.78, 5) is 0. The van der Waals surface area contributed by atoms with Crippen molar-refractivity contribution in [3.8, 4) is 55.6 Å².